The van der Waals surface area contributed by atoms with E-state index in [0.29, 0.717) is 13.1 Å². The standard InChI is InChI=1S/C18H16F14Si/c1-5-10-8-6-7-9-11(10)33(3,4)18(31,32)17(29,30)16(27,28)15(25,26)14(23,24)13(21,22)12(2,19)20/h5-9H,1H2,2-4H3. The summed E-state index contributed by atoms with van der Waals surface area (Å²) >= 11 is 0. The molecule has 0 spiro atoms. The fourth-order valence-electron chi connectivity index (χ4n) is 2.87. The molecular formula is C18H16F14Si. The molecule has 190 valence electrons. The van der Waals surface area contributed by atoms with Gasteiger partial charge in [0.2, 0.25) is 0 Å². The Morgan fingerprint density at radius 1 is 0.636 bits per heavy atom. The van der Waals surface area contributed by atoms with Gasteiger partial charge >= 0.3 is 41.1 Å². The van der Waals surface area contributed by atoms with Crippen LogP contribution in [0.15, 0.2) is 30.8 Å². The summed E-state index contributed by atoms with van der Waals surface area (Å²) in [6.07, 6.45) is 0.836. The van der Waals surface area contributed by atoms with E-state index >= 15 is 0 Å². The molecule has 0 saturated carbocycles. The van der Waals surface area contributed by atoms with Gasteiger partial charge in [0.25, 0.3) is 0 Å². The number of hydrogen-bond acceptors (Lipinski definition) is 0. The smallest absolute Gasteiger partial charge is 0.204 e. The van der Waals surface area contributed by atoms with E-state index in [9.17, 15) is 61.5 Å². The van der Waals surface area contributed by atoms with Gasteiger partial charge in [0.15, 0.2) is 8.07 Å². The Morgan fingerprint density at radius 2 is 1.00 bits per heavy atom. The van der Waals surface area contributed by atoms with Crippen molar-refractivity contribution in [3.8, 4) is 0 Å². The van der Waals surface area contributed by atoms with Gasteiger partial charge in [-0.3, -0.25) is 0 Å². The lowest BCUT2D eigenvalue weighted by Crippen LogP contribution is -2.77. The summed E-state index contributed by atoms with van der Waals surface area (Å²) in [5, 5.41) is -0.735. The Bertz CT molecular complexity index is 882. The first kappa shape index (κ1) is 29.2. The van der Waals surface area contributed by atoms with Gasteiger partial charge in [-0.05, 0) is 10.8 Å². The topological polar surface area (TPSA) is 0 Å². The van der Waals surface area contributed by atoms with Crippen molar-refractivity contribution in [1.82, 2.24) is 0 Å². The normalized spacial score (nSPS) is 15.5. The monoisotopic (exact) mass is 526 g/mol. The third kappa shape index (κ3) is 3.73. The van der Waals surface area contributed by atoms with Gasteiger partial charge in [-0.1, -0.05) is 50.0 Å². The van der Waals surface area contributed by atoms with Crippen LogP contribution in [0.4, 0.5) is 61.5 Å². The summed E-state index contributed by atoms with van der Waals surface area (Å²) < 4.78 is 193. The van der Waals surface area contributed by atoms with Crippen LogP contribution in [-0.4, -0.2) is 49.2 Å². The van der Waals surface area contributed by atoms with Gasteiger partial charge in [0, 0.05) is 6.92 Å². The molecule has 1 rings (SSSR count). The van der Waals surface area contributed by atoms with Crippen molar-refractivity contribution in [2.24, 2.45) is 0 Å². The van der Waals surface area contributed by atoms with E-state index in [1.807, 2.05) is 0 Å². The maximum absolute atomic E-state index is 14.8. The Labute approximate surface area is 179 Å². The molecule has 0 aliphatic rings. The summed E-state index contributed by atoms with van der Waals surface area (Å²) in [4.78, 5) is 0. The minimum absolute atomic E-state index is 0.304. The van der Waals surface area contributed by atoms with Gasteiger partial charge in [-0.15, -0.1) is 0 Å². The van der Waals surface area contributed by atoms with Crippen LogP contribution in [0, 0.1) is 0 Å². The number of rotatable bonds is 9. The molecule has 0 fully saturated rings. The van der Waals surface area contributed by atoms with E-state index in [0.717, 1.165) is 24.3 Å². The van der Waals surface area contributed by atoms with Crippen LogP contribution in [-0.2, 0) is 0 Å². The van der Waals surface area contributed by atoms with Crippen molar-refractivity contribution in [2.75, 3.05) is 0 Å². The minimum Gasteiger partial charge on any atom is -0.204 e. The highest BCUT2D eigenvalue weighted by atomic mass is 28.3. The quantitative estimate of drug-likeness (QED) is 0.235. The molecular weight excluding hydrogens is 510 g/mol. The highest BCUT2D eigenvalue weighted by Crippen LogP contribution is 2.63. The van der Waals surface area contributed by atoms with E-state index < -0.39 is 61.3 Å². The molecule has 0 aromatic heterocycles. The van der Waals surface area contributed by atoms with Crippen LogP contribution in [0.3, 0.4) is 0 Å². The van der Waals surface area contributed by atoms with E-state index in [4.69, 9.17) is 0 Å². The molecule has 0 amide bonds. The second-order valence-corrected chi connectivity index (χ2v) is 12.2. The zero-order valence-corrected chi connectivity index (χ0v) is 17.9. The Hall–Kier alpha value is -1.80. The first-order valence-corrected chi connectivity index (χ1v) is 11.7. The fourth-order valence-corrected chi connectivity index (χ4v) is 5.57. The lowest BCUT2D eigenvalue weighted by atomic mass is 9.92. The van der Waals surface area contributed by atoms with Crippen LogP contribution in [0.25, 0.3) is 6.08 Å². The number of halogens is 14. The summed E-state index contributed by atoms with van der Waals surface area (Å²) in [6.45, 7) is 2.74. The molecule has 0 radical (unpaired) electrons. The first-order chi connectivity index (χ1) is 14.3. The highest BCUT2D eigenvalue weighted by Gasteiger charge is 2.93. The van der Waals surface area contributed by atoms with E-state index in [2.05, 4.69) is 6.58 Å². The lowest BCUT2D eigenvalue weighted by Gasteiger charge is -2.45. The maximum Gasteiger partial charge on any atom is 0.384 e. The number of hydrogen-bond donors (Lipinski definition) is 0. The average Bonchev–Trinajstić information content (AvgIpc) is 2.65. The summed E-state index contributed by atoms with van der Waals surface area (Å²) in [7, 11) is -5.39. The maximum atomic E-state index is 14.8. The molecule has 15 heteroatoms. The molecule has 0 unspecified atom stereocenters. The van der Waals surface area contributed by atoms with E-state index in [1.54, 1.807) is 0 Å². The number of benzene rings is 1. The van der Waals surface area contributed by atoms with Crippen molar-refractivity contribution in [3.05, 3.63) is 36.4 Å². The van der Waals surface area contributed by atoms with Gasteiger partial charge in [0.05, 0.1) is 0 Å². The van der Waals surface area contributed by atoms with E-state index in [-0.39, 0.29) is 5.56 Å². The third-order valence-electron chi connectivity index (χ3n) is 5.16. The van der Waals surface area contributed by atoms with Crippen LogP contribution >= 0.6 is 0 Å². The molecule has 1 aromatic rings. The zero-order valence-electron chi connectivity index (χ0n) is 16.9. The lowest BCUT2D eigenvalue weighted by molar-refractivity contribution is -0.434. The molecule has 0 nitrogen and oxygen atoms in total. The Kier molecular flexibility index (Phi) is 6.97. The van der Waals surface area contributed by atoms with Crippen molar-refractivity contribution in [1.29, 1.82) is 0 Å². The highest BCUT2D eigenvalue weighted by molar-refractivity contribution is 6.92. The SMILES string of the molecule is C=Cc1ccccc1[Si](C)(C)C(F)(F)C(F)(F)C(F)(F)C(F)(F)C(F)(F)C(F)(F)C(C)(F)F. The fraction of sp³-hybridized carbons (Fsp3) is 0.556. The van der Waals surface area contributed by atoms with Crippen LogP contribution in [0.2, 0.25) is 13.1 Å². The first-order valence-electron chi connectivity index (χ1n) is 8.67. The second-order valence-electron chi connectivity index (χ2n) is 7.75. The molecule has 1 aromatic carbocycles. The van der Waals surface area contributed by atoms with Gasteiger partial charge in [0.1, 0.15) is 0 Å². The minimum atomic E-state index is -8.04. The molecule has 0 saturated heterocycles. The van der Waals surface area contributed by atoms with Crippen molar-refractivity contribution in [3.63, 3.8) is 0 Å². The summed E-state index contributed by atoms with van der Waals surface area (Å²) in [5.74, 6) is -44.7. The molecule has 0 N–H and O–H groups in total. The molecule has 0 aliphatic carbocycles. The Balaban J connectivity index is 3.78. The molecule has 0 heterocycles. The predicted molar refractivity (Wildman–Crippen MR) is 94.0 cm³/mol. The average molecular weight is 526 g/mol. The molecule has 0 atom stereocenters. The largest absolute Gasteiger partial charge is 0.384 e. The van der Waals surface area contributed by atoms with Crippen LogP contribution in [0.5, 0.6) is 0 Å². The van der Waals surface area contributed by atoms with Gasteiger partial charge < -0.3 is 0 Å². The van der Waals surface area contributed by atoms with E-state index in [1.165, 1.54) is 6.07 Å². The van der Waals surface area contributed by atoms with Crippen LogP contribution < -0.4 is 5.19 Å². The Morgan fingerprint density at radius 3 is 1.39 bits per heavy atom. The van der Waals surface area contributed by atoms with Crippen molar-refractivity contribution in [2.45, 2.75) is 61.1 Å². The summed E-state index contributed by atoms with van der Waals surface area (Å²) in [6, 6.07) is 3.97. The van der Waals surface area contributed by atoms with Crippen molar-refractivity contribution < 1.29 is 61.5 Å². The van der Waals surface area contributed by atoms with Gasteiger partial charge in [-0.25, -0.2) is 8.78 Å². The van der Waals surface area contributed by atoms with Crippen LogP contribution in [0.1, 0.15) is 12.5 Å². The second kappa shape index (κ2) is 7.87. The zero-order chi connectivity index (χ0) is 26.7. The number of alkyl halides is 14. The predicted octanol–water partition coefficient (Wildman–Crippen LogP) is 7.25. The molecule has 0 aliphatic heterocycles. The third-order valence-corrected chi connectivity index (χ3v) is 8.85. The molecule has 0 bridgehead atoms. The summed E-state index contributed by atoms with van der Waals surface area (Å²) in [5.41, 5.74) is -6.49. The molecule has 33 heavy (non-hydrogen) atoms. The van der Waals surface area contributed by atoms with Crippen molar-refractivity contribution >= 4 is 19.3 Å². The van der Waals surface area contributed by atoms with Gasteiger partial charge in [-0.2, -0.15) is 52.7 Å².